The van der Waals surface area contributed by atoms with Crippen LogP contribution in [0.2, 0.25) is 0 Å². The van der Waals surface area contributed by atoms with Crippen LogP contribution in [0.3, 0.4) is 0 Å². The van der Waals surface area contributed by atoms with Crippen LogP contribution >= 0.6 is 0 Å². The van der Waals surface area contributed by atoms with Crippen LogP contribution in [0.25, 0.3) is 10.9 Å². The van der Waals surface area contributed by atoms with Gasteiger partial charge in [0, 0.05) is 47.6 Å². The van der Waals surface area contributed by atoms with E-state index in [-0.39, 0.29) is 29.6 Å². The number of amides is 3. The molecule has 4 aliphatic rings. The highest BCUT2D eigenvalue weighted by atomic mass is 16.5. The minimum absolute atomic E-state index is 0.0526. The monoisotopic (exact) mass is 496 g/mol. The third kappa shape index (κ3) is 3.62. The molecule has 8 heteroatoms. The molecule has 2 fully saturated rings. The van der Waals surface area contributed by atoms with Gasteiger partial charge in [-0.15, -0.1) is 0 Å². The van der Waals surface area contributed by atoms with Gasteiger partial charge in [-0.1, -0.05) is 24.3 Å². The van der Waals surface area contributed by atoms with Crippen molar-refractivity contribution >= 4 is 28.6 Å². The number of fused-ring (bicyclic) bond motifs is 4. The molecule has 1 unspecified atom stereocenters. The molecule has 0 bridgehead atoms. The molecule has 1 atom stereocenters. The lowest BCUT2D eigenvalue weighted by Crippen LogP contribution is -2.52. The second-order valence-corrected chi connectivity index (χ2v) is 10.7. The number of piperidine rings is 2. The fourth-order valence-electron chi connectivity index (χ4n) is 6.51. The van der Waals surface area contributed by atoms with Crippen molar-refractivity contribution in [3.8, 4) is 5.75 Å². The number of nitrogens with zero attached hydrogens (tertiary/aromatic N) is 3. The van der Waals surface area contributed by atoms with Gasteiger partial charge in [0.15, 0.2) is 0 Å². The van der Waals surface area contributed by atoms with Crippen LogP contribution in [0.5, 0.6) is 5.75 Å². The third-order valence-electron chi connectivity index (χ3n) is 8.62. The van der Waals surface area contributed by atoms with Crippen molar-refractivity contribution in [2.24, 2.45) is 0 Å². The molecule has 2 saturated heterocycles. The second kappa shape index (κ2) is 8.38. The summed E-state index contributed by atoms with van der Waals surface area (Å²) in [6, 6.07) is 13.9. The number of hydrogen-bond acceptors (Lipinski definition) is 6. The van der Waals surface area contributed by atoms with Crippen LogP contribution in [0.4, 0.5) is 0 Å². The Labute approximate surface area is 214 Å². The van der Waals surface area contributed by atoms with Crippen molar-refractivity contribution in [1.82, 2.24) is 20.1 Å². The molecule has 0 saturated carbocycles. The lowest BCUT2D eigenvalue weighted by molar-refractivity contribution is -0.136. The Balaban J connectivity index is 1.09. The number of pyridine rings is 1. The maximum absolute atomic E-state index is 13.2. The molecule has 0 radical (unpaired) electrons. The number of carbonyl (C=O) groups is 3. The number of ether oxygens (including phenoxy) is 1. The minimum Gasteiger partial charge on any atom is -0.492 e. The highest BCUT2D eigenvalue weighted by molar-refractivity contribution is 6.05. The van der Waals surface area contributed by atoms with Crippen LogP contribution in [0.15, 0.2) is 48.7 Å². The normalized spacial score (nSPS) is 22.8. The Bertz CT molecular complexity index is 1450. The van der Waals surface area contributed by atoms with Gasteiger partial charge in [0.2, 0.25) is 11.8 Å². The molecule has 0 aliphatic carbocycles. The quantitative estimate of drug-likeness (QED) is 0.561. The van der Waals surface area contributed by atoms with Gasteiger partial charge in [0.05, 0.1) is 12.1 Å². The van der Waals surface area contributed by atoms with Gasteiger partial charge in [0.1, 0.15) is 11.8 Å². The van der Waals surface area contributed by atoms with Crippen LogP contribution in [-0.2, 0) is 28.1 Å². The summed E-state index contributed by atoms with van der Waals surface area (Å²) in [5.74, 6) is -0.0199. The summed E-state index contributed by atoms with van der Waals surface area (Å²) in [4.78, 5) is 45.9. The topological polar surface area (TPSA) is 91.8 Å². The number of likely N-dealkylation sites (tertiary alicyclic amines) is 1. The average Bonchev–Trinajstić information content (AvgIpc) is 3.41. The van der Waals surface area contributed by atoms with E-state index in [1.807, 2.05) is 18.3 Å². The van der Waals surface area contributed by atoms with E-state index in [1.54, 1.807) is 4.90 Å². The maximum Gasteiger partial charge on any atom is 0.255 e. The minimum atomic E-state index is -0.603. The van der Waals surface area contributed by atoms with Crippen molar-refractivity contribution in [1.29, 1.82) is 0 Å². The van der Waals surface area contributed by atoms with Gasteiger partial charge in [-0.05, 0) is 61.7 Å². The molecule has 3 amide bonds. The second-order valence-electron chi connectivity index (χ2n) is 10.7. The Morgan fingerprint density at radius 2 is 1.92 bits per heavy atom. The van der Waals surface area contributed by atoms with E-state index < -0.39 is 6.04 Å². The Hall–Kier alpha value is -3.78. The predicted molar refractivity (Wildman–Crippen MR) is 136 cm³/mol. The van der Waals surface area contributed by atoms with E-state index in [2.05, 4.69) is 45.5 Å². The molecule has 1 spiro atoms. The smallest absolute Gasteiger partial charge is 0.255 e. The molecule has 1 N–H and O–H groups in total. The molecular weight excluding hydrogens is 468 g/mol. The van der Waals surface area contributed by atoms with Gasteiger partial charge in [-0.25, -0.2) is 0 Å². The molecule has 37 heavy (non-hydrogen) atoms. The Morgan fingerprint density at radius 3 is 2.76 bits per heavy atom. The number of rotatable bonds is 3. The zero-order valence-corrected chi connectivity index (χ0v) is 20.5. The lowest BCUT2D eigenvalue weighted by Gasteiger charge is -2.38. The van der Waals surface area contributed by atoms with E-state index >= 15 is 0 Å². The summed E-state index contributed by atoms with van der Waals surface area (Å²) in [6.45, 7) is 3.83. The molecule has 5 heterocycles. The van der Waals surface area contributed by atoms with E-state index in [9.17, 15) is 14.4 Å². The zero-order chi connectivity index (χ0) is 25.1. The van der Waals surface area contributed by atoms with E-state index in [1.165, 1.54) is 16.5 Å². The van der Waals surface area contributed by atoms with Gasteiger partial charge >= 0.3 is 0 Å². The van der Waals surface area contributed by atoms with Crippen LogP contribution in [-0.4, -0.2) is 58.2 Å². The molecule has 4 aliphatic heterocycles. The number of aromatic nitrogens is 1. The fraction of sp³-hybridized carbons (Fsp3) is 0.379. The third-order valence-corrected chi connectivity index (χ3v) is 8.62. The van der Waals surface area contributed by atoms with Crippen molar-refractivity contribution in [2.75, 3.05) is 19.7 Å². The van der Waals surface area contributed by atoms with E-state index in [4.69, 9.17) is 4.74 Å². The molecule has 2 aromatic carbocycles. The number of benzene rings is 2. The number of imide groups is 1. The molecule has 8 nitrogen and oxygen atoms in total. The molecule has 1 aromatic heterocycles. The highest BCUT2D eigenvalue weighted by Crippen LogP contribution is 2.48. The summed E-state index contributed by atoms with van der Waals surface area (Å²) >= 11 is 0. The summed E-state index contributed by atoms with van der Waals surface area (Å²) in [5.41, 5.74) is 5.02. The first-order chi connectivity index (χ1) is 18.0. The van der Waals surface area contributed by atoms with E-state index in [0.717, 1.165) is 49.3 Å². The first-order valence-corrected chi connectivity index (χ1v) is 13.0. The van der Waals surface area contributed by atoms with Crippen LogP contribution in [0, 0.1) is 0 Å². The summed E-state index contributed by atoms with van der Waals surface area (Å²) in [6.07, 6.45) is 4.45. The lowest BCUT2D eigenvalue weighted by atomic mass is 9.74. The van der Waals surface area contributed by atoms with E-state index in [0.29, 0.717) is 25.1 Å². The number of carbonyl (C=O) groups excluding carboxylic acids is 3. The molecule has 188 valence electrons. The predicted octanol–water partition coefficient (Wildman–Crippen LogP) is 2.92. The largest absolute Gasteiger partial charge is 0.492 e. The van der Waals surface area contributed by atoms with Gasteiger partial charge in [-0.3, -0.25) is 29.6 Å². The van der Waals surface area contributed by atoms with Crippen molar-refractivity contribution in [3.63, 3.8) is 0 Å². The Morgan fingerprint density at radius 1 is 1.08 bits per heavy atom. The molecule has 3 aromatic rings. The molecular formula is C29H28N4O4. The van der Waals surface area contributed by atoms with Gasteiger partial charge < -0.3 is 9.64 Å². The SMILES string of the molecule is O=C1CCC(N2Cc3cc4c(cc3C2=O)OCC42CCN(Cc3cccc4cccnc34)CC2)C(=O)N1. The molecule has 7 rings (SSSR count). The number of hydrogen-bond donors (Lipinski definition) is 1. The summed E-state index contributed by atoms with van der Waals surface area (Å²) < 4.78 is 6.17. The summed E-state index contributed by atoms with van der Waals surface area (Å²) in [7, 11) is 0. The first kappa shape index (κ1) is 22.4. The zero-order valence-electron chi connectivity index (χ0n) is 20.5. The van der Waals surface area contributed by atoms with Crippen molar-refractivity contribution < 1.29 is 19.1 Å². The van der Waals surface area contributed by atoms with Crippen LogP contribution in [0.1, 0.15) is 52.7 Å². The van der Waals surface area contributed by atoms with Crippen molar-refractivity contribution in [3.05, 3.63) is 70.9 Å². The standard InChI is InChI=1S/C29H28N4O4/c34-25-7-6-23(27(35)31-25)33-16-20-13-22-24(14-21(20)28(33)36)37-17-29(22)8-11-32(12-9-29)15-19-4-1-3-18-5-2-10-30-26(18)19/h1-5,10,13-14,23H,6-9,11-12,15-17H2,(H,31,34,35). The highest BCUT2D eigenvalue weighted by Gasteiger charge is 2.46. The van der Waals surface area contributed by atoms with Crippen molar-refractivity contribution in [2.45, 2.75) is 50.2 Å². The fourth-order valence-corrected chi connectivity index (χ4v) is 6.51. The van der Waals surface area contributed by atoms with Gasteiger partial charge in [0.25, 0.3) is 5.91 Å². The average molecular weight is 497 g/mol. The van der Waals surface area contributed by atoms with Crippen LogP contribution < -0.4 is 10.1 Å². The van der Waals surface area contributed by atoms with Gasteiger partial charge in [-0.2, -0.15) is 0 Å². The Kier molecular flexibility index (Phi) is 5.08. The number of para-hydroxylation sites is 1. The maximum atomic E-state index is 13.2. The summed E-state index contributed by atoms with van der Waals surface area (Å²) in [5, 5.41) is 3.54. The number of nitrogens with one attached hydrogen (secondary N) is 1. The first-order valence-electron chi connectivity index (χ1n) is 13.0.